The molecule has 3 heterocycles. The van der Waals surface area contributed by atoms with Crippen molar-refractivity contribution in [2.45, 2.75) is 39.1 Å². The zero-order valence-corrected chi connectivity index (χ0v) is 15.0. The Morgan fingerprint density at radius 3 is 1.79 bits per heavy atom. The minimum atomic E-state index is -0.551. The van der Waals surface area contributed by atoms with Crippen LogP contribution < -0.4 is 0 Å². The molecule has 4 rings (SSSR count). The predicted molar refractivity (Wildman–Crippen MR) is 94.0 cm³/mol. The number of aromatic nitrogens is 6. The van der Waals surface area contributed by atoms with Crippen molar-refractivity contribution in [1.82, 2.24) is 30.0 Å². The van der Waals surface area contributed by atoms with Gasteiger partial charge in [-0.1, -0.05) is 16.5 Å². The molecule has 1 aromatic carbocycles. The Hall–Kier alpha value is -3.56. The molecule has 0 saturated carbocycles. The number of hydrogen-bond donors (Lipinski definition) is 0. The molecular weight excluding hydrogens is 364 g/mol. The third kappa shape index (κ3) is 4.22. The summed E-state index contributed by atoms with van der Waals surface area (Å²) in [6.07, 6.45) is 5.25. The number of carbonyl (C=O) groups excluding carboxylic acids is 2. The third-order valence-electron chi connectivity index (χ3n) is 4.23. The van der Waals surface area contributed by atoms with Crippen LogP contribution in [0.3, 0.4) is 0 Å². The number of benzene rings is 1. The maximum absolute atomic E-state index is 12.3. The molecule has 0 unspecified atom stereocenters. The van der Waals surface area contributed by atoms with Crippen molar-refractivity contribution < 1.29 is 19.1 Å². The van der Waals surface area contributed by atoms with E-state index in [2.05, 4.69) is 20.6 Å². The average molecular weight is 382 g/mol. The summed E-state index contributed by atoms with van der Waals surface area (Å²) in [5.41, 5.74) is 1.63. The van der Waals surface area contributed by atoms with Gasteiger partial charge in [-0.3, -0.25) is 9.36 Å². The van der Waals surface area contributed by atoms with Gasteiger partial charge in [-0.15, -0.1) is 10.2 Å². The van der Waals surface area contributed by atoms with Gasteiger partial charge in [0.2, 0.25) is 0 Å². The van der Waals surface area contributed by atoms with Gasteiger partial charge in [0.1, 0.15) is 24.6 Å². The fraction of sp³-hybridized carbons (Fsp3) is 0.333. The van der Waals surface area contributed by atoms with Gasteiger partial charge in [-0.25, -0.2) is 9.59 Å². The van der Waals surface area contributed by atoms with Crippen LogP contribution in [-0.2, 0) is 35.8 Å². The first kappa shape index (κ1) is 17.8. The van der Waals surface area contributed by atoms with Crippen molar-refractivity contribution >= 4 is 11.9 Å². The number of carbonyl (C=O) groups is 2. The maximum Gasteiger partial charge on any atom is 0.338 e. The lowest BCUT2D eigenvalue weighted by molar-refractivity contribution is 0.0465. The number of cyclic esters (lactones) is 2. The summed E-state index contributed by atoms with van der Waals surface area (Å²) in [7, 11) is 0. The smallest absolute Gasteiger partial charge is 0.338 e. The average Bonchev–Trinajstić information content (AvgIpc) is 3.36. The van der Waals surface area contributed by atoms with Gasteiger partial charge in [0.05, 0.1) is 23.5 Å². The lowest BCUT2D eigenvalue weighted by Crippen LogP contribution is -2.09. The number of fused-ring (bicyclic) bond motifs is 6. The largest absolute Gasteiger partial charge is 0.455 e. The number of nitrogens with zero attached hydrogens (tertiary/aromatic N) is 6. The SMILES string of the molecule is O=C1OCc2cn(nn2)CCCCn2cc(nn2)COC(=O)c2cccc1c2. The Kier molecular flexibility index (Phi) is 5.09. The van der Waals surface area contributed by atoms with E-state index < -0.39 is 11.9 Å². The van der Waals surface area contributed by atoms with E-state index >= 15 is 0 Å². The second kappa shape index (κ2) is 7.99. The van der Waals surface area contributed by atoms with E-state index in [1.807, 2.05) is 0 Å². The van der Waals surface area contributed by atoms with Crippen LogP contribution in [0.5, 0.6) is 0 Å². The molecule has 0 amide bonds. The molecule has 0 N–H and O–H groups in total. The van der Waals surface area contributed by atoms with Gasteiger partial charge < -0.3 is 9.47 Å². The summed E-state index contributed by atoms with van der Waals surface area (Å²) in [4.78, 5) is 24.5. The summed E-state index contributed by atoms with van der Waals surface area (Å²) in [5.74, 6) is -1.10. The molecule has 3 aromatic rings. The van der Waals surface area contributed by atoms with Gasteiger partial charge in [0, 0.05) is 13.1 Å². The Morgan fingerprint density at radius 1 is 0.786 bits per heavy atom. The van der Waals surface area contributed by atoms with E-state index in [1.54, 1.807) is 40.0 Å². The van der Waals surface area contributed by atoms with Crippen molar-refractivity contribution in [3.8, 4) is 0 Å². The molecule has 10 nitrogen and oxygen atoms in total. The highest BCUT2D eigenvalue weighted by Gasteiger charge is 2.14. The summed E-state index contributed by atoms with van der Waals surface area (Å²) >= 11 is 0. The number of aryl methyl sites for hydroxylation is 2. The van der Waals surface area contributed by atoms with Gasteiger partial charge >= 0.3 is 11.9 Å². The highest BCUT2D eigenvalue weighted by atomic mass is 16.5. The van der Waals surface area contributed by atoms with Crippen LogP contribution in [-0.4, -0.2) is 41.9 Å². The zero-order valence-electron chi connectivity index (χ0n) is 15.0. The predicted octanol–water partition coefficient (Wildman–Crippen LogP) is 1.38. The molecule has 2 aromatic heterocycles. The second-order valence-electron chi connectivity index (χ2n) is 6.39. The lowest BCUT2D eigenvalue weighted by atomic mass is 10.1. The Labute approximate surface area is 160 Å². The quantitative estimate of drug-likeness (QED) is 0.536. The fourth-order valence-corrected chi connectivity index (χ4v) is 2.79. The van der Waals surface area contributed by atoms with Crippen molar-refractivity contribution in [2.24, 2.45) is 0 Å². The molecule has 6 bridgehead atoms. The summed E-state index contributed by atoms with van der Waals surface area (Å²) in [6, 6.07) is 6.18. The lowest BCUT2D eigenvalue weighted by Gasteiger charge is -2.06. The van der Waals surface area contributed by atoms with Crippen LogP contribution in [0.25, 0.3) is 0 Å². The molecule has 0 atom stereocenters. The molecule has 0 aliphatic carbocycles. The fourth-order valence-electron chi connectivity index (χ4n) is 2.79. The van der Waals surface area contributed by atoms with Gasteiger partial charge in [-0.05, 0) is 31.0 Å². The van der Waals surface area contributed by atoms with E-state index in [0.29, 0.717) is 24.5 Å². The molecule has 1 aliphatic heterocycles. The van der Waals surface area contributed by atoms with E-state index in [0.717, 1.165) is 12.8 Å². The molecule has 144 valence electrons. The Morgan fingerprint density at radius 2 is 1.29 bits per heavy atom. The summed E-state index contributed by atoms with van der Waals surface area (Å²) in [5, 5.41) is 16.1. The van der Waals surface area contributed by atoms with Crippen molar-refractivity contribution in [3.63, 3.8) is 0 Å². The van der Waals surface area contributed by atoms with E-state index in [-0.39, 0.29) is 24.3 Å². The monoisotopic (exact) mass is 382 g/mol. The minimum absolute atomic E-state index is 0.00888. The first-order chi connectivity index (χ1) is 13.7. The van der Waals surface area contributed by atoms with Crippen molar-refractivity contribution in [3.05, 3.63) is 59.2 Å². The van der Waals surface area contributed by atoms with Crippen LogP contribution in [0.1, 0.15) is 44.9 Å². The first-order valence-corrected chi connectivity index (χ1v) is 8.90. The second-order valence-corrected chi connectivity index (χ2v) is 6.39. The van der Waals surface area contributed by atoms with Crippen LogP contribution in [0.15, 0.2) is 36.7 Å². The minimum Gasteiger partial charge on any atom is -0.455 e. The van der Waals surface area contributed by atoms with E-state index in [4.69, 9.17) is 9.47 Å². The highest BCUT2D eigenvalue weighted by Crippen LogP contribution is 2.11. The standard InChI is InChI=1S/C18H18N6O4/c25-17-13-4-3-5-14(8-13)18(26)28-12-16-10-24(22-20-16)7-2-1-6-23-9-15(11-27-17)19-21-23/h3-5,8-10H,1-2,6-7,11-12H2. The third-order valence-corrected chi connectivity index (χ3v) is 4.23. The summed E-state index contributed by atoms with van der Waals surface area (Å²) in [6.45, 7) is 1.41. The molecule has 0 fully saturated rings. The molecular formula is C18H18N6O4. The van der Waals surface area contributed by atoms with Crippen LogP contribution in [0, 0.1) is 0 Å². The highest BCUT2D eigenvalue weighted by molar-refractivity contribution is 5.95. The topological polar surface area (TPSA) is 114 Å². The van der Waals surface area contributed by atoms with E-state index in [1.165, 1.54) is 6.07 Å². The molecule has 0 saturated heterocycles. The van der Waals surface area contributed by atoms with Gasteiger partial charge in [0.15, 0.2) is 0 Å². The molecule has 0 spiro atoms. The van der Waals surface area contributed by atoms with Crippen molar-refractivity contribution in [1.29, 1.82) is 0 Å². The number of hydrogen-bond acceptors (Lipinski definition) is 8. The van der Waals surface area contributed by atoms with Crippen LogP contribution >= 0.6 is 0 Å². The van der Waals surface area contributed by atoms with E-state index in [9.17, 15) is 9.59 Å². The van der Waals surface area contributed by atoms with Crippen LogP contribution in [0.4, 0.5) is 0 Å². The maximum atomic E-state index is 12.3. The first-order valence-electron chi connectivity index (χ1n) is 8.90. The number of rotatable bonds is 0. The Bertz CT molecular complexity index is 920. The van der Waals surface area contributed by atoms with Crippen LogP contribution in [0.2, 0.25) is 0 Å². The van der Waals surface area contributed by atoms with Crippen molar-refractivity contribution in [2.75, 3.05) is 0 Å². The van der Waals surface area contributed by atoms with Gasteiger partial charge in [0.25, 0.3) is 0 Å². The molecule has 0 radical (unpaired) electrons. The number of ether oxygens (including phenoxy) is 2. The summed E-state index contributed by atoms with van der Waals surface area (Å²) < 4.78 is 14.0. The zero-order chi connectivity index (χ0) is 19.3. The molecule has 10 heteroatoms. The number of esters is 2. The molecule has 1 aliphatic rings. The van der Waals surface area contributed by atoms with Gasteiger partial charge in [-0.2, -0.15) is 0 Å². The Balaban J connectivity index is 1.55. The molecule has 28 heavy (non-hydrogen) atoms. The normalized spacial score (nSPS) is 15.7.